The second-order valence-electron chi connectivity index (χ2n) is 12.7. The fourth-order valence-electron chi connectivity index (χ4n) is 8.04. The van der Waals surface area contributed by atoms with Crippen LogP contribution in [0.2, 0.25) is 0 Å². The van der Waals surface area contributed by atoms with Crippen molar-refractivity contribution < 1.29 is 0 Å². The molecule has 4 aromatic heterocycles. The van der Waals surface area contributed by atoms with E-state index in [9.17, 15) is 10.5 Å². The highest BCUT2D eigenvalue weighted by Gasteiger charge is 2.23. The Labute approximate surface area is 293 Å². The highest BCUT2D eigenvalue weighted by atomic mass is 32.1. The van der Waals surface area contributed by atoms with Gasteiger partial charge in [-0.3, -0.25) is 0 Å². The van der Waals surface area contributed by atoms with Crippen molar-refractivity contribution in [3.05, 3.63) is 145 Å². The van der Waals surface area contributed by atoms with E-state index in [0.29, 0.717) is 22.5 Å². The van der Waals surface area contributed by atoms with Crippen LogP contribution in [0.15, 0.2) is 133 Å². The van der Waals surface area contributed by atoms with E-state index in [1.807, 2.05) is 24.3 Å². The Balaban J connectivity index is 1.28. The lowest BCUT2D eigenvalue weighted by Crippen LogP contribution is -2.05. The van der Waals surface area contributed by atoms with Crippen molar-refractivity contribution in [3.8, 4) is 23.5 Å². The van der Waals surface area contributed by atoms with Gasteiger partial charge in [-0.1, -0.05) is 72.8 Å². The van der Waals surface area contributed by atoms with E-state index in [1.165, 1.54) is 40.3 Å². The molecule has 0 unspecified atom stereocenters. The van der Waals surface area contributed by atoms with Crippen LogP contribution in [0.5, 0.6) is 0 Å². The lowest BCUT2D eigenvalue weighted by atomic mass is 10.1. The van der Waals surface area contributed by atoms with Gasteiger partial charge in [-0.05, 0) is 60.7 Å². The van der Waals surface area contributed by atoms with Crippen LogP contribution in [0.1, 0.15) is 11.1 Å². The summed E-state index contributed by atoms with van der Waals surface area (Å²) in [6.45, 7) is 0. The summed E-state index contributed by atoms with van der Waals surface area (Å²) in [7, 11) is 0. The van der Waals surface area contributed by atoms with Gasteiger partial charge in [0.25, 0.3) is 0 Å². The summed E-state index contributed by atoms with van der Waals surface area (Å²) in [6.07, 6.45) is 0. The number of aromatic nitrogens is 2. The van der Waals surface area contributed by atoms with Gasteiger partial charge in [0.15, 0.2) is 0 Å². The van der Waals surface area contributed by atoms with E-state index < -0.39 is 0 Å². The zero-order valence-corrected chi connectivity index (χ0v) is 27.9. The van der Waals surface area contributed by atoms with E-state index in [-0.39, 0.29) is 0 Å². The Morgan fingerprint density at radius 1 is 0.380 bits per heavy atom. The summed E-state index contributed by atoms with van der Waals surface area (Å²) in [5.74, 6) is 0. The number of para-hydroxylation sites is 2. The van der Waals surface area contributed by atoms with E-state index in [0.717, 1.165) is 43.6 Å². The zero-order valence-electron chi connectivity index (χ0n) is 26.3. The first-order valence-corrected chi connectivity index (χ1v) is 18.0. The molecule has 230 valence electrons. The number of benzene rings is 7. The molecule has 11 rings (SSSR count). The minimum absolute atomic E-state index is 0.497. The maximum Gasteiger partial charge on any atom is 0.104 e. The minimum Gasteiger partial charge on any atom is -0.308 e. The van der Waals surface area contributed by atoms with Crippen molar-refractivity contribution in [1.82, 2.24) is 9.13 Å². The number of nitrogens with zero attached hydrogens (tertiary/aromatic N) is 4. The van der Waals surface area contributed by atoms with Crippen LogP contribution in [-0.2, 0) is 0 Å². The Morgan fingerprint density at radius 2 is 0.820 bits per heavy atom. The van der Waals surface area contributed by atoms with Gasteiger partial charge >= 0.3 is 0 Å². The lowest BCUT2D eigenvalue weighted by Gasteiger charge is -2.16. The largest absolute Gasteiger partial charge is 0.308 e. The van der Waals surface area contributed by atoms with Crippen LogP contribution in [-0.4, -0.2) is 9.13 Å². The Bertz CT molecular complexity index is 3150. The van der Waals surface area contributed by atoms with Crippen LogP contribution in [0.3, 0.4) is 0 Å². The van der Waals surface area contributed by atoms with Gasteiger partial charge in [0.2, 0.25) is 0 Å². The average Bonchev–Trinajstić information content (AvgIpc) is 3.89. The first-order chi connectivity index (χ1) is 24.7. The monoisotopic (exact) mass is 670 g/mol. The first-order valence-electron chi connectivity index (χ1n) is 16.4. The molecule has 11 aromatic rings. The predicted molar refractivity (Wildman–Crippen MR) is 210 cm³/mol. The van der Waals surface area contributed by atoms with E-state index in [1.54, 1.807) is 22.7 Å². The summed E-state index contributed by atoms with van der Waals surface area (Å²) >= 11 is 3.56. The third kappa shape index (κ3) is 3.61. The highest BCUT2D eigenvalue weighted by Crippen LogP contribution is 2.44. The minimum atomic E-state index is 0.497. The van der Waals surface area contributed by atoms with Crippen LogP contribution in [0.25, 0.3) is 95.3 Å². The predicted octanol–water partition coefficient (Wildman–Crippen LogP) is 12.4. The van der Waals surface area contributed by atoms with Crippen molar-refractivity contribution in [2.45, 2.75) is 0 Å². The first kappa shape index (κ1) is 27.5. The SMILES string of the molecule is N#Cc1cc(-n2c3ccccc3c3cc4c(cc32)sc2ccccc24)c(C#N)c(-n2c3ccccc3c3cc4c(cc32)sc2ccccc24)c1. The molecule has 0 N–H and O–H groups in total. The van der Waals surface area contributed by atoms with Crippen molar-refractivity contribution in [2.75, 3.05) is 0 Å². The number of thiophene rings is 2. The molecule has 0 aliphatic heterocycles. The average molecular weight is 671 g/mol. The molecule has 7 aromatic carbocycles. The Kier molecular flexibility index (Phi) is 5.52. The molecule has 0 amide bonds. The fourth-order valence-corrected chi connectivity index (χ4v) is 10.3. The van der Waals surface area contributed by atoms with Gasteiger partial charge in [0.1, 0.15) is 11.6 Å². The zero-order chi connectivity index (χ0) is 33.1. The second-order valence-corrected chi connectivity index (χ2v) is 14.9. The number of hydrogen-bond donors (Lipinski definition) is 0. The van der Waals surface area contributed by atoms with Crippen LogP contribution in [0.4, 0.5) is 0 Å². The van der Waals surface area contributed by atoms with Crippen molar-refractivity contribution >= 4 is 107 Å². The van der Waals surface area contributed by atoms with E-state index in [2.05, 4.69) is 130 Å². The number of rotatable bonds is 2. The molecule has 0 aliphatic carbocycles. The molecular formula is C44H22N4S2. The standard InChI is InChI=1S/C44H22N4S2/c45-23-25-17-37(47-35-13-5-1-9-26(35)30-19-32-28-11-3-7-15-41(28)49-43(32)21-39(30)47)34(24-46)38(18-25)48-36-14-6-2-10-27(36)31-20-33-29-12-4-8-16-42(29)50-44(33)22-40(31)48/h1-22H. The second kappa shape index (κ2) is 10.0. The van der Waals surface area contributed by atoms with Crippen LogP contribution >= 0.6 is 22.7 Å². The summed E-state index contributed by atoms with van der Waals surface area (Å²) < 4.78 is 9.25. The topological polar surface area (TPSA) is 57.4 Å². The van der Waals surface area contributed by atoms with Gasteiger partial charge in [-0.2, -0.15) is 10.5 Å². The third-order valence-electron chi connectivity index (χ3n) is 10.2. The fraction of sp³-hybridized carbons (Fsp3) is 0. The lowest BCUT2D eigenvalue weighted by molar-refractivity contribution is 1.11. The Morgan fingerprint density at radius 3 is 1.28 bits per heavy atom. The third-order valence-corrected chi connectivity index (χ3v) is 12.4. The molecule has 0 aliphatic rings. The molecule has 4 nitrogen and oxygen atoms in total. The molecule has 50 heavy (non-hydrogen) atoms. The van der Waals surface area contributed by atoms with Gasteiger partial charge in [-0.25, -0.2) is 0 Å². The molecule has 0 atom stereocenters. The molecule has 0 saturated heterocycles. The summed E-state index contributed by atoms with van der Waals surface area (Å²) in [5, 5.41) is 31.0. The molecule has 0 spiro atoms. The van der Waals surface area contributed by atoms with Gasteiger partial charge < -0.3 is 9.13 Å². The van der Waals surface area contributed by atoms with Gasteiger partial charge in [0.05, 0.1) is 45.1 Å². The normalized spacial score (nSPS) is 12.0. The molecule has 0 fully saturated rings. The highest BCUT2D eigenvalue weighted by molar-refractivity contribution is 7.26. The summed E-state index contributed by atoms with van der Waals surface area (Å²) in [5.41, 5.74) is 6.42. The van der Waals surface area contributed by atoms with Gasteiger partial charge in [-0.15, -0.1) is 22.7 Å². The van der Waals surface area contributed by atoms with Crippen molar-refractivity contribution in [3.63, 3.8) is 0 Å². The Hall–Kier alpha value is -6.44. The summed E-state index contributed by atoms with van der Waals surface area (Å²) in [6, 6.07) is 51.7. The molecule has 0 saturated carbocycles. The maximum atomic E-state index is 11.1. The van der Waals surface area contributed by atoms with Gasteiger partial charge in [0, 0.05) is 61.9 Å². The van der Waals surface area contributed by atoms with E-state index in [4.69, 9.17) is 0 Å². The van der Waals surface area contributed by atoms with Crippen molar-refractivity contribution in [2.24, 2.45) is 0 Å². The molecule has 0 bridgehead atoms. The smallest absolute Gasteiger partial charge is 0.104 e. The maximum absolute atomic E-state index is 11.1. The van der Waals surface area contributed by atoms with E-state index >= 15 is 0 Å². The number of fused-ring (bicyclic) bond motifs is 12. The van der Waals surface area contributed by atoms with Crippen LogP contribution < -0.4 is 0 Å². The summed E-state index contributed by atoms with van der Waals surface area (Å²) in [4.78, 5) is 0. The quantitative estimate of drug-likeness (QED) is 0.184. The van der Waals surface area contributed by atoms with Crippen LogP contribution in [0, 0.1) is 22.7 Å². The van der Waals surface area contributed by atoms with Crippen molar-refractivity contribution in [1.29, 1.82) is 10.5 Å². The number of nitriles is 2. The number of hydrogen-bond acceptors (Lipinski definition) is 4. The molecule has 6 heteroatoms. The molecule has 0 radical (unpaired) electrons. The molecular weight excluding hydrogens is 649 g/mol. The molecule has 4 heterocycles.